The van der Waals surface area contributed by atoms with Crippen LogP contribution < -0.4 is 10.6 Å². The Morgan fingerprint density at radius 2 is 1.04 bits per heavy atom. The van der Waals surface area contributed by atoms with Crippen LogP contribution in [0.2, 0.25) is 0 Å². The fraction of sp³-hybridized carbons (Fsp3) is 0.100. The summed E-state index contributed by atoms with van der Waals surface area (Å²) in [5.74, 6) is 0. The Morgan fingerprint density at radius 3 is 1.42 bits per heavy atom. The van der Waals surface area contributed by atoms with E-state index in [9.17, 15) is 0 Å². The standard InChI is InChI=1S/C20H18N4S2/c25-19-21-17(13-11-15-7-3-1-4-8-15)23-20(26)22-18(24(19)23)14-12-16-9-5-2-6-10-16/h1-14,17-18H,(H,21,25)(H,22,26)/b13-11-,14-12-/t17-,18+. The summed E-state index contributed by atoms with van der Waals surface area (Å²) in [4.78, 5) is 0. The van der Waals surface area contributed by atoms with Crippen LogP contribution in [0.1, 0.15) is 11.1 Å². The molecule has 130 valence electrons. The van der Waals surface area contributed by atoms with Crippen molar-refractivity contribution in [2.45, 2.75) is 12.3 Å². The topological polar surface area (TPSA) is 30.5 Å². The molecule has 0 amide bonds. The van der Waals surface area contributed by atoms with Crippen molar-refractivity contribution in [2.75, 3.05) is 0 Å². The minimum atomic E-state index is -0.0992. The van der Waals surface area contributed by atoms with Crippen molar-refractivity contribution in [3.63, 3.8) is 0 Å². The van der Waals surface area contributed by atoms with Crippen LogP contribution >= 0.6 is 24.4 Å². The molecular formula is C20H18N4S2. The highest BCUT2D eigenvalue weighted by atomic mass is 32.1. The molecule has 0 aromatic heterocycles. The molecule has 2 aromatic rings. The zero-order valence-electron chi connectivity index (χ0n) is 13.9. The summed E-state index contributed by atoms with van der Waals surface area (Å²) < 4.78 is 0. The zero-order chi connectivity index (χ0) is 17.9. The van der Waals surface area contributed by atoms with E-state index in [-0.39, 0.29) is 12.3 Å². The van der Waals surface area contributed by atoms with E-state index in [1.807, 2.05) is 46.4 Å². The van der Waals surface area contributed by atoms with Gasteiger partial charge >= 0.3 is 0 Å². The maximum atomic E-state index is 5.53. The van der Waals surface area contributed by atoms with Gasteiger partial charge in [-0.25, -0.2) is 10.0 Å². The van der Waals surface area contributed by atoms with Crippen LogP contribution in [0.3, 0.4) is 0 Å². The van der Waals surface area contributed by atoms with E-state index in [1.54, 1.807) is 0 Å². The van der Waals surface area contributed by atoms with Gasteiger partial charge in [-0.2, -0.15) is 0 Å². The third-order valence-corrected chi connectivity index (χ3v) is 4.87. The van der Waals surface area contributed by atoms with E-state index in [4.69, 9.17) is 24.4 Å². The third-order valence-electron chi connectivity index (χ3n) is 4.26. The van der Waals surface area contributed by atoms with Gasteiger partial charge in [-0.3, -0.25) is 0 Å². The van der Waals surface area contributed by atoms with Crippen LogP contribution in [0.5, 0.6) is 0 Å². The number of nitrogens with one attached hydrogen (secondary N) is 2. The van der Waals surface area contributed by atoms with Crippen molar-refractivity contribution >= 4 is 46.8 Å². The van der Waals surface area contributed by atoms with Crippen molar-refractivity contribution in [2.24, 2.45) is 0 Å². The van der Waals surface area contributed by atoms with Crippen molar-refractivity contribution in [3.05, 3.63) is 83.9 Å². The van der Waals surface area contributed by atoms with Crippen LogP contribution in [0.25, 0.3) is 12.2 Å². The van der Waals surface area contributed by atoms with Gasteiger partial charge in [0.05, 0.1) is 0 Å². The fourth-order valence-corrected chi connectivity index (χ4v) is 3.66. The molecule has 2 saturated heterocycles. The maximum absolute atomic E-state index is 5.53. The second-order valence-electron chi connectivity index (χ2n) is 6.02. The average Bonchev–Trinajstić information content (AvgIpc) is 3.18. The molecular weight excluding hydrogens is 360 g/mol. The Balaban J connectivity index is 1.52. The largest absolute Gasteiger partial charge is 0.336 e. The average molecular weight is 379 g/mol. The van der Waals surface area contributed by atoms with Crippen molar-refractivity contribution in [1.82, 2.24) is 20.7 Å². The molecule has 0 unspecified atom stereocenters. The van der Waals surface area contributed by atoms with Crippen LogP contribution in [0, 0.1) is 0 Å². The van der Waals surface area contributed by atoms with Gasteiger partial charge in [-0.05, 0) is 47.7 Å². The van der Waals surface area contributed by atoms with Crippen LogP contribution in [-0.4, -0.2) is 32.6 Å². The molecule has 2 N–H and O–H groups in total. The first kappa shape index (κ1) is 16.8. The molecule has 0 radical (unpaired) electrons. The molecule has 4 nitrogen and oxygen atoms in total. The first-order chi connectivity index (χ1) is 12.7. The van der Waals surface area contributed by atoms with Crippen molar-refractivity contribution in [3.8, 4) is 0 Å². The molecule has 2 atom stereocenters. The summed E-state index contributed by atoms with van der Waals surface area (Å²) in [6.07, 6.45) is 8.08. The lowest BCUT2D eigenvalue weighted by Crippen LogP contribution is -2.40. The molecule has 26 heavy (non-hydrogen) atoms. The molecule has 0 bridgehead atoms. The molecule has 2 fully saturated rings. The monoisotopic (exact) mass is 378 g/mol. The Morgan fingerprint density at radius 1 is 0.654 bits per heavy atom. The molecule has 6 heteroatoms. The highest BCUT2D eigenvalue weighted by molar-refractivity contribution is 7.80. The van der Waals surface area contributed by atoms with Crippen molar-refractivity contribution < 1.29 is 0 Å². The fourth-order valence-electron chi connectivity index (χ4n) is 3.02. The van der Waals surface area contributed by atoms with Crippen LogP contribution in [0.4, 0.5) is 0 Å². The molecule has 2 aromatic carbocycles. The van der Waals surface area contributed by atoms with Gasteiger partial charge < -0.3 is 10.6 Å². The number of hydrogen-bond acceptors (Lipinski definition) is 2. The second kappa shape index (κ2) is 7.27. The van der Waals surface area contributed by atoms with Gasteiger partial charge in [0.25, 0.3) is 0 Å². The molecule has 2 aliphatic heterocycles. The Labute approximate surface area is 163 Å². The number of thiocarbonyl (C=S) groups is 2. The highest BCUT2D eigenvalue weighted by Gasteiger charge is 2.44. The number of benzene rings is 2. The van der Waals surface area contributed by atoms with Gasteiger partial charge in [0.2, 0.25) is 0 Å². The summed E-state index contributed by atoms with van der Waals surface area (Å²) in [5, 5.41) is 11.9. The smallest absolute Gasteiger partial charge is 0.192 e. The SMILES string of the molecule is S=C1N[C@H](/C=C\c2ccccc2)N2C(=S)N[C@@H](/C=C\c3ccccc3)N12. The van der Waals surface area contributed by atoms with E-state index < -0.39 is 0 Å². The third kappa shape index (κ3) is 3.34. The Kier molecular flexibility index (Phi) is 4.69. The van der Waals surface area contributed by atoms with Crippen LogP contribution in [0.15, 0.2) is 72.8 Å². The lowest BCUT2D eigenvalue weighted by atomic mass is 10.2. The Hall–Kier alpha value is -2.70. The summed E-state index contributed by atoms with van der Waals surface area (Å²) >= 11 is 11.1. The summed E-state index contributed by atoms with van der Waals surface area (Å²) in [5.41, 5.74) is 2.27. The Bertz CT molecular complexity index is 790. The molecule has 0 aliphatic carbocycles. The predicted molar refractivity (Wildman–Crippen MR) is 114 cm³/mol. The first-order valence-electron chi connectivity index (χ1n) is 8.38. The summed E-state index contributed by atoms with van der Waals surface area (Å²) in [6.45, 7) is 0. The molecule has 4 rings (SSSR count). The molecule has 2 heterocycles. The number of hydrazine groups is 1. The van der Waals surface area contributed by atoms with Gasteiger partial charge in [-0.1, -0.05) is 72.8 Å². The maximum Gasteiger partial charge on any atom is 0.192 e. The lowest BCUT2D eigenvalue weighted by Gasteiger charge is -2.23. The van der Waals surface area contributed by atoms with E-state index in [0.717, 1.165) is 11.1 Å². The minimum absolute atomic E-state index is 0.0992. The minimum Gasteiger partial charge on any atom is -0.336 e. The molecule has 0 spiro atoms. The lowest BCUT2D eigenvalue weighted by molar-refractivity contribution is 0.152. The molecule has 0 saturated carbocycles. The normalized spacial score (nSPS) is 22.2. The van der Waals surface area contributed by atoms with E-state index in [2.05, 4.69) is 59.2 Å². The van der Waals surface area contributed by atoms with E-state index in [0.29, 0.717) is 10.2 Å². The van der Waals surface area contributed by atoms with Gasteiger partial charge in [0.15, 0.2) is 10.2 Å². The number of hydrogen-bond donors (Lipinski definition) is 2. The summed E-state index contributed by atoms with van der Waals surface area (Å²) in [7, 11) is 0. The predicted octanol–water partition coefficient (Wildman–Crippen LogP) is 3.36. The second-order valence-corrected chi connectivity index (χ2v) is 6.79. The zero-order valence-corrected chi connectivity index (χ0v) is 15.6. The van der Waals surface area contributed by atoms with Gasteiger partial charge in [0, 0.05) is 0 Å². The number of nitrogens with zero attached hydrogens (tertiary/aromatic N) is 2. The number of rotatable bonds is 4. The highest BCUT2D eigenvalue weighted by Crippen LogP contribution is 2.23. The summed E-state index contributed by atoms with van der Waals surface area (Å²) in [6, 6.07) is 20.3. The number of fused-ring (bicyclic) bond motifs is 1. The quantitative estimate of drug-likeness (QED) is 0.794. The van der Waals surface area contributed by atoms with Crippen molar-refractivity contribution in [1.29, 1.82) is 0 Å². The van der Waals surface area contributed by atoms with Gasteiger partial charge in [0.1, 0.15) is 12.3 Å². The first-order valence-corrected chi connectivity index (χ1v) is 9.20. The van der Waals surface area contributed by atoms with Crippen LogP contribution in [-0.2, 0) is 0 Å². The molecule has 2 aliphatic rings. The van der Waals surface area contributed by atoms with Gasteiger partial charge in [-0.15, -0.1) is 0 Å². The van der Waals surface area contributed by atoms with E-state index >= 15 is 0 Å². The van der Waals surface area contributed by atoms with E-state index in [1.165, 1.54) is 0 Å².